The van der Waals surface area contributed by atoms with Crippen LogP contribution in [-0.2, 0) is 4.74 Å². The summed E-state index contributed by atoms with van der Waals surface area (Å²) in [5.74, 6) is 1.69. The number of hydrogen-bond donors (Lipinski definition) is 1. The number of hydrogen-bond acceptors (Lipinski definition) is 4. The third-order valence-corrected chi connectivity index (χ3v) is 4.55. The number of rotatable bonds is 4. The van der Waals surface area contributed by atoms with E-state index < -0.39 is 0 Å². The lowest BCUT2D eigenvalue weighted by molar-refractivity contribution is 0.0957. The summed E-state index contributed by atoms with van der Waals surface area (Å²) in [5.41, 5.74) is 1.28. The SMILES string of the molecule is CNC1c2ccccc2OCC1N1CCC(COC)C1. The maximum absolute atomic E-state index is 5.96. The molecule has 20 heavy (non-hydrogen) atoms. The number of para-hydroxylation sites is 1. The minimum atomic E-state index is 0.348. The number of nitrogens with one attached hydrogen (secondary N) is 1. The van der Waals surface area contributed by atoms with Crippen molar-refractivity contribution >= 4 is 0 Å². The Morgan fingerprint density at radius 2 is 2.25 bits per heavy atom. The van der Waals surface area contributed by atoms with E-state index in [1.165, 1.54) is 12.0 Å². The van der Waals surface area contributed by atoms with Crippen LogP contribution in [0.15, 0.2) is 24.3 Å². The largest absolute Gasteiger partial charge is 0.492 e. The van der Waals surface area contributed by atoms with E-state index in [9.17, 15) is 0 Å². The van der Waals surface area contributed by atoms with Gasteiger partial charge < -0.3 is 14.8 Å². The van der Waals surface area contributed by atoms with E-state index in [4.69, 9.17) is 9.47 Å². The minimum Gasteiger partial charge on any atom is -0.492 e. The number of benzene rings is 1. The van der Waals surface area contributed by atoms with E-state index >= 15 is 0 Å². The summed E-state index contributed by atoms with van der Waals surface area (Å²) in [6, 6.07) is 9.13. The zero-order chi connectivity index (χ0) is 13.9. The summed E-state index contributed by atoms with van der Waals surface area (Å²) in [6.07, 6.45) is 1.22. The van der Waals surface area contributed by atoms with E-state index in [0.29, 0.717) is 18.0 Å². The van der Waals surface area contributed by atoms with Crippen molar-refractivity contribution in [3.63, 3.8) is 0 Å². The third kappa shape index (κ3) is 2.55. The summed E-state index contributed by atoms with van der Waals surface area (Å²) < 4.78 is 11.3. The molecule has 1 saturated heterocycles. The van der Waals surface area contributed by atoms with Gasteiger partial charge in [0.25, 0.3) is 0 Å². The van der Waals surface area contributed by atoms with Gasteiger partial charge in [-0.25, -0.2) is 0 Å². The second-order valence-electron chi connectivity index (χ2n) is 5.79. The van der Waals surface area contributed by atoms with Gasteiger partial charge in [-0.2, -0.15) is 0 Å². The summed E-state index contributed by atoms with van der Waals surface area (Å²) in [5, 5.41) is 3.48. The average Bonchev–Trinajstić information content (AvgIpc) is 2.95. The van der Waals surface area contributed by atoms with Crippen LogP contribution in [0.25, 0.3) is 0 Å². The molecular formula is C16H24N2O2. The first-order valence-corrected chi connectivity index (χ1v) is 7.45. The number of fused-ring (bicyclic) bond motifs is 1. The zero-order valence-electron chi connectivity index (χ0n) is 12.3. The highest BCUT2D eigenvalue weighted by Crippen LogP contribution is 2.35. The quantitative estimate of drug-likeness (QED) is 0.907. The van der Waals surface area contributed by atoms with Crippen molar-refractivity contribution in [1.82, 2.24) is 10.2 Å². The Morgan fingerprint density at radius 3 is 3.05 bits per heavy atom. The molecule has 2 heterocycles. The smallest absolute Gasteiger partial charge is 0.124 e. The van der Waals surface area contributed by atoms with Crippen LogP contribution < -0.4 is 10.1 Å². The van der Waals surface area contributed by atoms with Gasteiger partial charge in [0.2, 0.25) is 0 Å². The van der Waals surface area contributed by atoms with Gasteiger partial charge in [-0.05, 0) is 32.0 Å². The Bertz CT molecular complexity index is 452. The lowest BCUT2D eigenvalue weighted by atomic mass is 9.95. The van der Waals surface area contributed by atoms with E-state index in [1.54, 1.807) is 7.11 Å². The van der Waals surface area contributed by atoms with Gasteiger partial charge in [0.05, 0.1) is 18.7 Å². The van der Waals surface area contributed by atoms with Crippen LogP contribution in [0.5, 0.6) is 5.75 Å². The number of likely N-dealkylation sites (tertiary alicyclic amines) is 1. The molecule has 2 aliphatic heterocycles. The van der Waals surface area contributed by atoms with Gasteiger partial charge in [0.1, 0.15) is 12.4 Å². The first kappa shape index (κ1) is 13.9. The van der Waals surface area contributed by atoms with Gasteiger partial charge in [0, 0.05) is 19.2 Å². The van der Waals surface area contributed by atoms with E-state index in [-0.39, 0.29) is 0 Å². The van der Waals surface area contributed by atoms with Crippen LogP contribution in [0, 0.1) is 5.92 Å². The molecule has 4 nitrogen and oxygen atoms in total. The number of methoxy groups -OCH3 is 1. The Balaban J connectivity index is 1.75. The summed E-state index contributed by atoms with van der Waals surface area (Å²) in [4.78, 5) is 2.56. The van der Waals surface area contributed by atoms with E-state index in [1.807, 2.05) is 13.1 Å². The molecule has 2 aliphatic rings. The Kier molecular flexibility index (Phi) is 4.24. The van der Waals surface area contributed by atoms with Crippen molar-refractivity contribution in [3.05, 3.63) is 29.8 Å². The zero-order valence-corrected chi connectivity index (χ0v) is 12.3. The maximum atomic E-state index is 5.96. The summed E-state index contributed by atoms with van der Waals surface area (Å²) in [6.45, 7) is 3.89. The van der Waals surface area contributed by atoms with Gasteiger partial charge in [-0.3, -0.25) is 4.90 Å². The lowest BCUT2D eigenvalue weighted by Gasteiger charge is -2.38. The molecule has 1 fully saturated rings. The van der Waals surface area contributed by atoms with Crippen molar-refractivity contribution in [1.29, 1.82) is 0 Å². The molecule has 3 rings (SSSR count). The molecule has 1 N–H and O–H groups in total. The van der Waals surface area contributed by atoms with Crippen molar-refractivity contribution in [2.75, 3.05) is 40.5 Å². The predicted octanol–water partition coefficient (Wildman–Crippen LogP) is 1.68. The molecule has 110 valence electrons. The first-order chi connectivity index (χ1) is 9.83. The van der Waals surface area contributed by atoms with Crippen LogP contribution in [0.2, 0.25) is 0 Å². The van der Waals surface area contributed by atoms with Crippen molar-refractivity contribution in [3.8, 4) is 5.75 Å². The molecule has 0 bridgehead atoms. The Labute approximate surface area is 121 Å². The van der Waals surface area contributed by atoms with Gasteiger partial charge in [-0.1, -0.05) is 18.2 Å². The van der Waals surface area contributed by atoms with Gasteiger partial charge in [0.15, 0.2) is 0 Å². The minimum absolute atomic E-state index is 0.348. The number of likely N-dealkylation sites (N-methyl/N-ethyl adjacent to an activating group) is 1. The average molecular weight is 276 g/mol. The summed E-state index contributed by atoms with van der Waals surface area (Å²) >= 11 is 0. The fourth-order valence-electron chi connectivity index (χ4n) is 3.55. The third-order valence-electron chi connectivity index (χ3n) is 4.55. The van der Waals surface area contributed by atoms with Gasteiger partial charge >= 0.3 is 0 Å². The highest BCUT2D eigenvalue weighted by molar-refractivity contribution is 5.38. The molecule has 0 radical (unpaired) electrons. The first-order valence-electron chi connectivity index (χ1n) is 7.45. The van der Waals surface area contributed by atoms with Crippen LogP contribution in [0.4, 0.5) is 0 Å². The Morgan fingerprint density at radius 1 is 1.40 bits per heavy atom. The molecule has 0 aliphatic carbocycles. The van der Waals surface area contributed by atoms with Crippen molar-refractivity contribution in [2.45, 2.75) is 18.5 Å². The second-order valence-corrected chi connectivity index (χ2v) is 5.79. The standard InChI is InChI=1S/C16H24N2O2/c1-17-16-13-5-3-4-6-15(13)20-11-14(16)18-8-7-12(9-18)10-19-2/h3-6,12,14,16-17H,7-11H2,1-2H3. The molecule has 0 amide bonds. The Hall–Kier alpha value is -1.10. The highest BCUT2D eigenvalue weighted by atomic mass is 16.5. The molecule has 0 spiro atoms. The molecule has 3 unspecified atom stereocenters. The lowest BCUT2D eigenvalue weighted by Crippen LogP contribution is -2.48. The molecule has 0 aromatic heterocycles. The van der Waals surface area contributed by atoms with Crippen LogP contribution in [0.3, 0.4) is 0 Å². The van der Waals surface area contributed by atoms with Crippen LogP contribution in [-0.4, -0.2) is 51.4 Å². The molecular weight excluding hydrogens is 252 g/mol. The van der Waals surface area contributed by atoms with E-state index in [0.717, 1.165) is 32.1 Å². The molecule has 3 atom stereocenters. The maximum Gasteiger partial charge on any atom is 0.124 e. The fourth-order valence-corrected chi connectivity index (χ4v) is 3.55. The van der Waals surface area contributed by atoms with Gasteiger partial charge in [-0.15, -0.1) is 0 Å². The molecule has 1 aromatic rings. The number of nitrogens with zero attached hydrogens (tertiary/aromatic N) is 1. The normalized spacial score (nSPS) is 30.0. The number of ether oxygens (including phenoxy) is 2. The topological polar surface area (TPSA) is 33.7 Å². The molecule has 1 aromatic carbocycles. The predicted molar refractivity (Wildman–Crippen MR) is 79.1 cm³/mol. The fraction of sp³-hybridized carbons (Fsp3) is 0.625. The van der Waals surface area contributed by atoms with Crippen molar-refractivity contribution < 1.29 is 9.47 Å². The molecule has 4 heteroatoms. The van der Waals surface area contributed by atoms with Crippen LogP contribution >= 0.6 is 0 Å². The monoisotopic (exact) mass is 276 g/mol. The second kappa shape index (κ2) is 6.12. The highest BCUT2D eigenvalue weighted by Gasteiger charge is 2.37. The van der Waals surface area contributed by atoms with E-state index in [2.05, 4.69) is 28.4 Å². The van der Waals surface area contributed by atoms with Crippen molar-refractivity contribution in [2.24, 2.45) is 5.92 Å². The van der Waals surface area contributed by atoms with Crippen LogP contribution in [0.1, 0.15) is 18.0 Å². The molecule has 0 saturated carbocycles. The summed E-state index contributed by atoms with van der Waals surface area (Å²) in [7, 11) is 3.83.